The van der Waals surface area contributed by atoms with Gasteiger partial charge in [0.15, 0.2) is 0 Å². The molecule has 19 heavy (non-hydrogen) atoms. The van der Waals surface area contributed by atoms with Crippen LogP contribution in [0.2, 0.25) is 0 Å². The molecule has 1 saturated carbocycles. The summed E-state index contributed by atoms with van der Waals surface area (Å²) in [6.45, 7) is 3.40. The molecular weight excluding hydrogens is 252 g/mol. The molecule has 1 aromatic rings. The number of anilines is 1. The van der Waals surface area contributed by atoms with E-state index >= 15 is 0 Å². The summed E-state index contributed by atoms with van der Waals surface area (Å²) in [6.07, 6.45) is 6.90. The van der Waals surface area contributed by atoms with Crippen LogP contribution in [-0.2, 0) is 0 Å². The van der Waals surface area contributed by atoms with Crippen molar-refractivity contribution in [3.05, 3.63) is 29.8 Å². The zero-order chi connectivity index (χ0) is 13.7. The minimum atomic E-state index is 0.462. The Morgan fingerprint density at radius 1 is 1.16 bits per heavy atom. The number of nitrogens with two attached hydrogens (primary N) is 1. The van der Waals surface area contributed by atoms with Gasteiger partial charge in [-0.2, -0.15) is 0 Å². The van der Waals surface area contributed by atoms with Gasteiger partial charge in [-0.15, -0.1) is 0 Å². The van der Waals surface area contributed by atoms with Crippen molar-refractivity contribution in [2.45, 2.75) is 39.0 Å². The Balaban J connectivity index is 1.78. The van der Waals surface area contributed by atoms with Crippen LogP contribution in [0.15, 0.2) is 24.3 Å². The van der Waals surface area contributed by atoms with Gasteiger partial charge >= 0.3 is 0 Å². The Kier molecular flexibility index (Phi) is 5.20. The molecular formula is C16H24N2S. The van der Waals surface area contributed by atoms with Crippen LogP contribution in [0.4, 0.5) is 5.69 Å². The van der Waals surface area contributed by atoms with Gasteiger partial charge < -0.3 is 11.1 Å². The summed E-state index contributed by atoms with van der Waals surface area (Å²) in [5.74, 6) is 1.80. The average Bonchev–Trinajstić information content (AvgIpc) is 2.46. The molecule has 1 aliphatic rings. The minimum Gasteiger partial charge on any atom is -0.389 e. The van der Waals surface area contributed by atoms with E-state index in [0.717, 1.165) is 29.6 Å². The lowest BCUT2D eigenvalue weighted by Gasteiger charge is -2.28. The maximum atomic E-state index is 5.59. The third kappa shape index (κ3) is 4.20. The van der Waals surface area contributed by atoms with Crippen molar-refractivity contribution >= 4 is 22.9 Å². The summed E-state index contributed by atoms with van der Waals surface area (Å²) in [6, 6.07) is 8.09. The molecule has 0 bridgehead atoms. The van der Waals surface area contributed by atoms with Gasteiger partial charge in [-0.25, -0.2) is 0 Å². The number of nitrogens with one attached hydrogen (secondary N) is 1. The van der Waals surface area contributed by atoms with Gasteiger partial charge in [-0.05, 0) is 48.9 Å². The van der Waals surface area contributed by atoms with Crippen molar-refractivity contribution in [3.8, 4) is 0 Å². The Hall–Kier alpha value is -1.09. The van der Waals surface area contributed by atoms with Crippen molar-refractivity contribution in [2.24, 2.45) is 17.6 Å². The molecule has 104 valence electrons. The fourth-order valence-electron chi connectivity index (χ4n) is 2.86. The molecule has 0 aromatic heterocycles. The van der Waals surface area contributed by atoms with Crippen LogP contribution in [0, 0.1) is 11.8 Å². The smallest absolute Gasteiger partial charge is 0.103 e. The maximum absolute atomic E-state index is 5.59. The molecule has 0 spiro atoms. The summed E-state index contributed by atoms with van der Waals surface area (Å²) in [5.41, 5.74) is 7.69. The van der Waals surface area contributed by atoms with Gasteiger partial charge in [-0.3, -0.25) is 0 Å². The van der Waals surface area contributed by atoms with E-state index in [9.17, 15) is 0 Å². The standard InChI is InChI=1S/C16H24N2S/c1-2-12-3-5-13(6-4-12)11-18-15-9-7-14(8-10-15)16(17)19/h7-10,12-13,18H,2-6,11H2,1H3,(H2,17,19). The van der Waals surface area contributed by atoms with Crippen LogP contribution in [0.25, 0.3) is 0 Å². The molecule has 0 saturated heterocycles. The van der Waals surface area contributed by atoms with E-state index in [1.165, 1.54) is 32.1 Å². The van der Waals surface area contributed by atoms with E-state index in [1.807, 2.05) is 12.1 Å². The van der Waals surface area contributed by atoms with Gasteiger partial charge in [0, 0.05) is 17.8 Å². The van der Waals surface area contributed by atoms with Crippen LogP contribution in [-0.4, -0.2) is 11.5 Å². The van der Waals surface area contributed by atoms with E-state index in [2.05, 4.69) is 24.4 Å². The van der Waals surface area contributed by atoms with E-state index in [0.29, 0.717) is 4.99 Å². The molecule has 0 unspecified atom stereocenters. The first-order valence-corrected chi connectivity index (χ1v) is 7.73. The molecule has 2 rings (SSSR count). The predicted molar refractivity (Wildman–Crippen MR) is 86.6 cm³/mol. The highest BCUT2D eigenvalue weighted by atomic mass is 32.1. The van der Waals surface area contributed by atoms with Crippen molar-refractivity contribution in [3.63, 3.8) is 0 Å². The van der Waals surface area contributed by atoms with Gasteiger partial charge in [0.25, 0.3) is 0 Å². The molecule has 0 atom stereocenters. The summed E-state index contributed by atoms with van der Waals surface area (Å²) < 4.78 is 0. The number of rotatable bonds is 5. The fourth-order valence-corrected chi connectivity index (χ4v) is 2.99. The quantitative estimate of drug-likeness (QED) is 0.800. The summed E-state index contributed by atoms with van der Waals surface area (Å²) in [4.78, 5) is 0.462. The highest BCUT2D eigenvalue weighted by Gasteiger charge is 2.19. The lowest BCUT2D eigenvalue weighted by molar-refractivity contribution is 0.278. The highest BCUT2D eigenvalue weighted by Crippen LogP contribution is 2.30. The van der Waals surface area contributed by atoms with Crippen molar-refractivity contribution in [2.75, 3.05) is 11.9 Å². The second kappa shape index (κ2) is 6.90. The normalized spacial score (nSPS) is 23.0. The first-order valence-electron chi connectivity index (χ1n) is 7.32. The van der Waals surface area contributed by atoms with E-state index < -0.39 is 0 Å². The molecule has 3 heteroatoms. The molecule has 0 radical (unpaired) electrons. The summed E-state index contributed by atoms with van der Waals surface area (Å²) in [7, 11) is 0. The van der Waals surface area contributed by atoms with Crippen LogP contribution < -0.4 is 11.1 Å². The predicted octanol–water partition coefficient (Wildman–Crippen LogP) is 3.95. The molecule has 0 amide bonds. The Labute approximate surface area is 121 Å². The van der Waals surface area contributed by atoms with E-state index in [1.54, 1.807) is 0 Å². The molecule has 1 aromatic carbocycles. The zero-order valence-electron chi connectivity index (χ0n) is 11.7. The molecule has 2 nitrogen and oxygen atoms in total. The number of benzene rings is 1. The Morgan fingerprint density at radius 2 is 1.74 bits per heavy atom. The highest BCUT2D eigenvalue weighted by molar-refractivity contribution is 7.80. The number of hydrogen-bond donors (Lipinski definition) is 2. The molecule has 0 aliphatic heterocycles. The minimum absolute atomic E-state index is 0.462. The fraction of sp³-hybridized carbons (Fsp3) is 0.562. The van der Waals surface area contributed by atoms with Crippen LogP contribution in [0.3, 0.4) is 0 Å². The Morgan fingerprint density at radius 3 is 2.26 bits per heavy atom. The van der Waals surface area contributed by atoms with Gasteiger partial charge in [0.2, 0.25) is 0 Å². The first-order chi connectivity index (χ1) is 9.19. The Bertz CT molecular complexity index is 405. The van der Waals surface area contributed by atoms with Gasteiger partial charge in [0.1, 0.15) is 4.99 Å². The molecule has 1 fully saturated rings. The molecule has 0 heterocycles. The van der Waals surface area contributed by atoms with Gasteiger partial charge in [-0.1, -0.05) is 38.4 Å². The molecule has 1 aliphatic carbocycles. The summed E-state index contributed by atoms with van der Waals surface area (Å²) in [5, 5.41) is 3.53. The third-order valence-corrected chi connectivity index (χ3v) is 4.54. The topological polar surface area (TPSA) is 38.0 Å². The third-order valence-electron chi connectivity index (χ3n) is 4.31. The lowest BCUT2D eigenvalue weighted by Crippen LogP contribution is -2.21. The van der Waals surface area contributed by atoms with Crippen molar-refractivity contribution in [1.29, 1.82) is 0 Å². The van der Waals surface area contributed by atoms with Crippen LogP contribution in [0.1, 0.15) is 44.6 Å². The van der Waals surface area contributed by atoms with Gasteiger partial charge in [0.05, 0.1) is 0 Å². The second-order valence-corrected chi connectivity index (χ2v) is 6.06. The van der Waals surface area contributed by atoms with Crippen LogP contribution in [0.5, 0.6) is 0 Å². The van der Waals surface area contributed by atoms with Crippen molar-refractivity contribution < 1.29 is 0 Å². The van der Waals surface area contributed by atoms with E-state index in [-0.39, 0.29) is 0 Å². The number of hydrogen-bond acceptors (Lipinski definition) is 2. The molecule has 3 N–H and O–H groups in total. The first kappa shape index (κ1) is 14.3. The second-order valence-electron chi connectivity index (χ2n) is 5.62. The van der Waals surface area contributed by atoms with Crippen LogP contribution >= 0.6 is 12.2 Å². The van der Waals surface area contributed by atoms with E-state index in [4.69, 9.17) is 18.0 Å². The van der Waals surface area contributed by atoms with Crippen molar-refractivity contribution in [1.82, 2.24) is 0 Å². The largest absolute Gasteiger partial charge is 0.389 e. The SMILES string of the molecule is CCC1CCC(CNc2ccc(C(N)=S)cc2)CC1. The number of thiocarbonyl (C=S) groups is 1. The monoisotopic (exact) mass is 276 g/mol. The zero-order valence-corrected chi connectivity index (χ0v) is 12.5. The lowest BCUT2D eigenvalue weighted by atomic mass is 9.81. The maximum Gasteiger partial charge on any atom is 0.103 e. The average molecular weight is 276 g/mol. The summed E-state index contributed by atoms with van der Waals surface area (Å²) >= 11 is 4.95.